The zero-order chi connectivity index (χ0) is 19.8. The van der Waals surface area contributed by atoms with Crippen LogP contribution in [0.5, 0.6) is 0 Å². The third kappa shape index (κ3) is 2.86. The van der Waals surface area contributed by atoms with Gasteiger partial charge in [0.05, 0.1) is 30.4 Å². The fourth-order valence-electron chi connectivity index (χ4n) is 3.81. The van der Waals surface area contributed by atoms with Gasteiger partial charge in [0.1, 0.15) is 0 Å². The number of hydrogen-bond donors (Lipinski definition) is 3. The predicted octanol–water partition coefficient (Wildman–Crippen LogP) is 1.97. The van der Waals surface area contributed by atoms with Crippen molar-refractivity contribution in [1.29, 1.82) is 0 Å². The molecule has 0 unspecified atom stereocenters. The van der Waals surface area contributed by atoms with Gasteiger partial charge in [-0.1, -0.05) is 37.5 Å². The summed E-state index contributed by atoms with van der Waals surface area (Å²) in [7, 11) is 0. The average Bonchev–Trinajstić information content (AvgIpc) is 3.01. The van der Waals surface area contributed by atoms with E-state index in [1.807, 2.05) is 12.1 Å². The number of carbonyl (C=O) groups excluding carboxylic acids is 2. The van der Waals surface area contributed by atoms with Crippen molar-refractivity contribution in [2.45, 2.75) is 19.0 Å². The summed E-state index contributed by atoms with van der Waals surface area (Å²) in [5, 5.41) is 5.12. The highest BCUT2D eigenvalue weighted by Crippen LogP contribution is 2.32. The highest BCUT2D eigenvalue weighted by Gasteiger charge is 2.33. The molecule has 7 nitrogen and oxygen atoms in total. The monoisotopic (exact) mass is 375 g/mol. The molecule has 142 valence electrons. The third-order valence-corrected chi connectivity index (χ3v) is 5.10. The molecule has 0 aliphatic carbocycles. The standard InChI is InChI=1S/C21H21N5O2/c1-3-6-12(4-2)9-14(22)21(28)26-10-16-19-17(11-26)24-25-20(27)13-7-5-8-15(23-16)18(13)19/h3-8,14,23H,1-2,9-11,22H2,(H,25,27)/b12-6+/t14-/m0/s1. The first-order chi connectivity index (χ1) is 13.5. The molecule has 2 amide bonds. The van der Waals surface area contributed by atoms with Crippen molar-refractivity contribution in [1.82, 2.24) is 15.3 Å². The molecule has 1 aromatic carbocycles. The molecule has 7 heteroatoms. The molecule has 3 heterocycles. The number of hydrogen-bond acceptors (Lipinski definition) is 4. The van der Waals surface area contributed by atoms with Crippen LogP contribution in [0.4, 0.5) is 0 Å². The van der Waals surface area contributed by atoms with Gasteiger partial charge in [0, 0.05) is 22.2 Å². The molecule has 0 fully saturated rings. The van der Waals surface area contributed by atoms with Gasteiger partial charge in [-0.25, -0.2) is 5.43 Å². The minimum Gasteiger partial charge on any atom is -0.356 e. The lowest BCUT2D eigenvalue weighted by atomic mass is 9.97. The number of benzene rings is 1. The van der Waals surface area contributed by atoms with Gasteiger partial charge in [-0.3, -0.25) is 9.59 Å². The summed E-state index contributed by atoms with van der Waals surface area (Å²) in [4.78, 5) is 30.3. The second-order valence-electron chi connectivity index (χ2n) is 6.89. The Kier molecular flexibility index (Phi) is 4.44. The maximum Gasteiger partial charge on any atom is 0.272 e. The Bertz CT molecular complexity index is 1080. The maximum atomic E-state index is 13.0. The Hall–Kier alpha value is -3.45. The molecule has 0 spiro atoms. The maximum absolute atomic E-state index is 13.0. The summed E-state index contributed by atoms with van der Waals surface area (Å²) in [6, 6.07) is 4.82. The Balaban J connectivity index is 1.67. The van der Waals surface area contributed by atoms with Crippen LogP contribution in [-0.2, 0) is 11.3 Å². The van der Waals surface area contributed by atoms with Gasteiger partial charge >= 0.3 is 0 Å². The number of aromatic amines is 1. The SMILES string of the molecule is C=C/C=C(\C=C)C[C@H](N)C(=O)N1CC2=NNC(=O)c3cccc4[nH]c(c2c34)C1. The topological polar surface area (TPSA) is 104 Å². The number of nitrogens with zero attached hydrogens (tertiary/aromatic N) is 2. The van der Waals surface area contributed by atoms with Gasteiger partial charge in [-0.2, -0.15) is 5.10 Å². The molecule has 0 saturated heterocycles. The molecular formula is C21H21N5O2. The van der Waals surface area contributed by atoms with Gasteiger partial charge in [-0.05, 0) is 24.1 Å². The summed E-state index contributed by atoms with van der Waals surface area (Å²) in [5.74, 6) is -0.436. The van der Waals surface area contributed by atoms with Gasteiger partial charge in [-0.15, -0.1) is 0 Å². The number of nitrogens with two attached hydrogens (primary N) is 1. The molecule has 2 aliphatic heterocycles. The number of rotatable bonds is 5. The average molecular weight is 375 g/mol. The summed E-state index contributed by atoms with van der Waals surface area (Å²) in [6.07, 6.45) is 5.48. The van der Waals surface area contributed by atoms with E-state index in [4.69, 9.17) is 5.73 Å². The smallest absolute Gasteiger partial charge is 0.272 e. The highest BCUT2D eigenvalue weighted by atomic mass is 16.2. The molecular weight excluding hydrogens is 354 g/mol. The lowest BCUT2D eigenvalue weighted by Gasteiger charge is -2.30. The van der Waals surface area contributed by atoms with E-state index in [9.17, 15) is 9.59 Å². The molecule has 4 N–H and O–H groups in total. The van der Waals surface area contributed by atoms with E-state index in [1.54, 1.807) is 29.2 Å². The summed E-state index contributed by atoms with van der Waals surface area (Å²) < 4.78 is 0. The molecule has 1 aromatic heterocycles. The Morgan fingerprint density at radius 3 is 2.93 bits per heavy atom. The number of hydrazone groups is 1. The van der Waals surface area contributed by atoms with E-state index in [-0.39, 0.29) is 18.4 Å². The molecule has 0 bridgehead atoms. The number of allylic oxidation sites excluding steroid dienone is 3. The second kappa shape index (κ2) is 6.94. The van der Waals surface area contributed by atoms with E-state index in [2.05, 4.69) is 28.7 Å². The van der Waals surface area contributed by atoms with Crippen molar-refractivity contribution in [2.75, 3.05) is 6.54 Å². The molecule has 0 saturated carbocycles. The van der Waals surface area contributed by atoms with Crippen LogP contribution < -0.4 is 11.2 Å². The van der Waals surface area contributed by atoms with Gasteiger partial charge in [0.15, 0.2) is 0 Å². The number of aromatic nitrogens is 1. The molecule has 28 heavy (non-hydrogen) atoms. The molecule has 2 aromatic rings. The predicted molar refractivity (Wildman–Crippen MR) is 109 cm³/mol. The van der Waals surface area contributed by atoms with Crippen LogP contribution in [0.2, 0.25) is 0 Å². The Morgan fingerprint density at radius 2 is 2.18 bits per heavy atom. The fraction of sp³-hybridized carbons (Fsp3) is 0.190. The van der Waals surface area contributed by atoms with Crippen LogP contribution in [0.15, 0.2) is 60.3 Å². The number of nitrogens with one attached hydrogen (secondary N) is 2. The molecule has 1 atom stereocenters. The van der Waals surface area contributed by atoms with Gasteiger partial charge in [0.2, 0.25) is 5.91 Å². The first kappa shape index (κ1) is 17.9. The van der Waals surface area contributed by atoms with Crippen molar-refractivity contribution in [3.05, 3.63) is 72.0 Å². The van der Waals surface area contributed by atoms with Crippen molar-refractivity contribution in [3.63, 3.8) is 0 Å². The minimum absolute atomic E-state index is 0.181. The van der Waals surface area contributed by atoms with Crippen LogP contribution in [0.3, 0.4) is 0 Å². The number of carbonyl (C=O) groups is 2. The van der Waals surface area contributed by atoms with Gasteiger partial charge < -0.3 is 15.6 Å². The number of H-pyrrole nitrogens is 1. The normalized spacial score (nSPS) is 16.9. The van der Waals surface area contributed by atoms with Crippen LogP contribution in [0, 0.1) is 0 Å². The van der Waals surface area contributed by atoms with Gasteiger partial charge in [0.25, 0.3) is 5.91 Å². The highest BCUT2D eigenvalue weighted by molar-refractivity contribution is 6.21. The van der Waals surface area contributed by atoms with E-state index >= 15 is 0 Å². The van der Waals surface area contributed by atoms with Crippen LogP contribution in [0.25, 0.3) is 10.9 Å². The largest absolute Gasteiger partial charge is 0.356 e. The van der Waals surface area contributed by atoms with E-state index in [0.29, 0.717) is 24.2 Å². The molecule has 4 rings (SSSR count). The zero-order valence-electron chi connectivity index (χ0n) is 15.4. The van der Waals surface area contributed by atoms with E-state index in [0.717, 1.165) is 27.7 Å². The fourth-order valence-corrected chi connectivity index (χ4v) is 3.81. The van der Waals surface area contributed by atoms with Crippen molar-refractivity contribution in [3.8, 4) is 0 Å². The van der Waals surface area contributed by atoms with Crippen LogP contribution >= 0.6 is 0 Å². The summed E-state index contributed by atoms with van der Waals surface area (Å²) in [6.45, 7) is 8.08. The Morgan fingerprint density at radius 1 is 1.36 bits per heavy atom. The lowest BCUT2D eigenvalue weighted by Crippen LogP contribution is -2.48. The van der Waals surface area contributed by atoms with Crippen molar-refractivity contribution in [2.24, 2.45) is 10.8 Å². The number of amides is 2. The second-order valence-corrected chi connectivity index (χ2v) is 6.89. The first-order valence-electron chi connectivity index (χ1n) is 9.02. The van der Waals surface area contributed by atoms with Crippen molar-refractivity contribution >= 4 is 28.4 Å². The van der Waals surface area contributed by atoms with Crippen LogP contribution in [-0.4, -0.2) is 40.0 Å². The summed E-state index contributed by atoms with van der Waals surface area (Å²) in [5.41, 5.74) is 13.4. The van der Waals surface area contributed by atoms with E-state index < -0.39 is 6.04 Å². The molecule has 2 aliphatic rings. The lowest BCUT2D eigenvalue weighted by molar-refractivity contribution is -0.132. The molecule has 0 radical (unpaired) electrons. The van der Waals surface area contributed by atoms with Crippen LogP contribution in [0.1, 0.15) is 28.0 Å². The summed E-state index contributed by atoms with van der Waals surface area (Å²) >= 11 is 0. The van der Waals surface area contributed by atoms with E-state index in [1.165, 1.54) is 0 Å². The quantitative estimate of drug-likeness (QED) is 0.696. The Labute approximate surface area is 162 Å². The first-order valence-corrected chi connectivity index (χ1v) is 9.02. The minimum atomic E-state index is -0.702. The zero-order valence-corrected chi connectivity index (χ0v) is 15.4. The van der Waals surface area contributed by atoms with Crippen molar-refractivity contribution < 1.29 is 9.59 Å². The third-order valence-electron chi connectivity index (χ3n) is 5.10.